The summed E-state index contributed by atoms with van der Waals surface area (Å²) in [6.07, 6.45) is 0. The Hall–Kier alpha value is -2.93. The Morgan fingerprint density at radius 3 is 2.44 bits per heavy atom. The molecule has 0 saturated carbocycles. The van der Waals surface area contributed by atoms with Gasteiger partial charge >= 0.3 is 0 Å². The van der Waals surface area contributed by atoms with Gasteiger partial charge in [0.2, 0.25) is 0 Å². The fourth-order valence-electron chi connectivity index (χ4n) is 3.07. The van der Waals surface area contributed by atoms with Gasteiger partial charge in [0.05, 0.1) is 4.88 Å². The first-order chi connectivity index (χ1) is 13.3. The monoisotopic (exact) mass is 379 g/mol. The van der Waals surface area contributed by atoms with E-state index in [0.29, 0.717) is 13.1 Å². The fraction of sp³-hybridized carbons (Fsp3) is 0.250. The second-order valence-corrected chi connectivity index (χ2v) is 7.32. The maximum absolute atomic E-state index is 12.4. The highest BCUT2D eigenvalue weighted by Crippen LogP contribution is 2.17. The van der Waals surface area contributed by atoms with Crippen molar-refractivity contribution in [1.29, 1.82) is 0 Å². The Morgan fingerprint density at radius 1 is 0.963 bits per heavy atom. The van der Waals surface area contributed by atoms with Crippen LogP contribution in [0.4, 0.5) is 11.6 Å². The van der Waals surface area contributed by atoms with Gasteiger partial charge in [0.15, 0.2) is 5.82 Å². The summed E-state index contributed by atoms with van der Waals surface area (Å²) in [5.74, 6) is 1.73. The summed E-state index contributed by atoms with van der Waals surface area (Å²) in [6.45, 7) is 3.66. The normalized spacial score (nSPS) is 14.2. The van der Waals surface area contributed by atoms with E-state index >= 15 is 0 Å². The lowest BCUT2D eigenvalue weighted by Gasteiger charge is -2.35. The van der Waals surface area contributed by atoms with Crippen molar-refractivity contribution in [2.45, 2.75) is 6.54 Å². The largest absolute Gasteiger partial charge is 0.365 e. The highest BCUT2D eigenvalue weighted by Gasteiger charge is 2.23. The molecule has 1 aromatic carbocycles. The number of anilines is 2. The topological polar surface area (TPSA) is 61.4 Å². The summed E-state index contributed by atoms with van der Waals surface area (Å²) >= 11 is 1.49. The molecule has 0 spiro atoms. The van der Waals surface area contributed by atoms with E-state index in [9.17, 15) is 4.79 Å². The van der Waals surface area contributed by atoms with Gasteiger partial charge in [0.25, 0.3) is 5.91 Å². The highest BCUT2D eigenvalue weighted by molar-refractivity contribution is 7.12. The quantitative estimate of drug-likeness (QED) is 0.738. The van der Waals surface area contributed by atoms with E-state index in [1.807, 2.05) is 52.7 Å². The van der Waals surface area contributed by atoms with Gasteiger partial charge in [0, 0.05) is 32.7 Å². The van der Waals surface area contributed by atoms with Crippen molar-refractivity contribution < 1.29 is 4.79 Å². The maximum Gasteiger partial charge on any atom is 0.264 e. The Morgan fingerprint density at radius 2 is 1.78 bits per heavy atom. The second-order valence-electron chi connectivity index (χ2n) is 6.37. The molecule has 3 aromatic rings. The lowest BCUT2D eigenvalue weighted by molar-refractivity contribution is 0.0751. The first-order valence-electron chi connectivity index (χ1n) is 8.99. The van der Waals surface area contributed by atoms with Crippen molar-refractivity contribution in [3.05, 3.63) is 70.4 Å². The van der Waals surface area contributed by atoms with Crippen molar-refractivity contribution in [3.63, 3.8) is 0 Å². The lowest BCUT2D eigenvalue weighted by Crippen LogP contribution is -2.48. The van der Waals surface area contributed by atoms with E-state index in [4.69, 9.17) is 0 Å². The number of thiophene rings is 1. The number of rotatable bonds is 5. The molecule has 0 radical (unpaired) electrons. The lowest BCUT2D eigenvalue weighted by atomic mass is 10.2. The van der Waals surface area contributed by atoms with Gasteiger partial charge in [-0.05, 0) is 29.1 Å². The molecule has 1 saturated heterocycles. The molecule has 0 atom stereocenters. The number of nitrogens with one attached hydrogen (secondary N) is 1. The van der Waals surface area contributed by atoms with Crippen LogP contribution in [0.5, 0.6) is 0 Å². The molecule has 1 aliphatic heterocycles. The number of piperazine rings is 1. The summed E-state index contributed by atoms with van der Waals surface area (Å²) in [5.41, 5.74) is 1.20. The smallest absolute Gasteiger partial charge is 0.264 e. The van der Waals surface area contributed by atoms with E-state index in [1.54, 1.807) is 0 Å². The standard InChI is InChI=1S/C20H21N5OS/c26-20(17-7-4-14-27-17)25-12-10-24(11-13-25)19-9-8-18(22-23-19)21-15-16-5-2-1-3-6-16/h1-9,14H,10-13,15H2,(H,21,22). The molecule has 0 unspecified atom stereocenters. The average Bonchev–Trinajstić information content (AvgIpc) is 3.28. The van der Waals surface area contributed by atoms with E-state index in [0.717, 1.165) is 36.1 Å². The van der Waals surface area contributed by atoms with Gasteiger partial charge in [-0.15, -0.1) is 21.5 Å². The Bertz CT molecular complexity index is 859. The highest BCUT2D eigenvalue weighted by atomic mass is 32.1. The Kier molecular flexibility index (Phi) is 5.29. The van der Waals surface area contributed by atoms with Gasteiger partial charge in [-0.3, -0.25) is 4.79 Å². The number of amides is 1. The van der Waals surface area contributed by atoms with Crippen molar-refractivity contribution in [2.24, 2.45) is 0 Å². The fourth-order valence-corrected chi connectivity index (χ4v) is 3.76. The van der Waals surface area contributed by atoms with Crippen molar-refractivity contribution in [1.82, 2.24) is 15.1 Å². The van der Waals surface area contributed by atoms with Crippen LogP contribution in [-0.2, 0) is 6.54 Å². The van der Waals surface area contributed by atoms with E-state index in [2.05, 4.69) is 32.5 Å². The zero-order valence-corrected chi connectivity index (χ0v) is 15.7. The molecule has 4 rings (SSSR count). The van der Waals surface area contributed by atoms with Crippen molar-refractivity contribution >= 4 is 28.9 Å². The van der Waals surface area contributed by atoms with Gasteiger partial charge in [-0.2, -0.15) is 0 Å². The van der Waals surface area contributed by atoms with Crippen LogP contribution in [0.25, 0.3) is 0 Å². The molecule has 1 fully saturated rings. The molecule has 7 heteroatoms. The third-order valence-electron chi connectivity index (χ3n) is 4.59. The van der Waals surface area contributed by atoms with Crippen LogP contribution in [-0.4, -0.2) is 47.2 Å². The number of aromatic nitrogens is 2. The minimum absolute atomic E-state index is 0.121. The number of carbonyl (C=O) groups excluding carboxylic acids is 1. The number of benzene rings is 1. The van der Waals surface area contributed by atoms with E-state index in [1.165, 1.54) is 16.9 Å². The molecular formula is C20H21N5OS. The summed E-state index contributed by atoms with van der Waals surface area (Å²) < 4.78 is 0. The van der Waals surface area contributed by atoms with Gasteiger partial charge in [0.1, 0.15) is 5.82 Å². The summed E-state index contributed by atoms with van der Waals surface area (Å²) in [6, 6.07) is 17.9. The molecule has 138 valence electrons. The summed E-state index contributed by atoms with van der Waals surface area (Å²) in [5, 5.41) is 13.9. The van der Waals surface area contributed by atoms with E-state index in [-0.39, 0.29) is 5.91 Å². The number of hydrogen-bond donors (Lipinski definition) is 1. The van der Waals surface area contributed by atoms with Gasteiger partial charge in [-0.1, -0.05) is 36.4 Å². The predicted molar refractivity (Wildman–Crippen MR) is 108 cm³/mol. The first kappa shape index (κ1) is 17.5. The molecule has 1 N–H and O–H groups in total. The van der Waals surface area contributed by atoms with Crippen molar-refractivity contribution in [2.75, 3.05) is 36.4 Å². The van der Waals surface area contributed by atoms with Gasteiger partial charge < -0.3 is 15.1 Å². The van der Waals surface area contributed by atoms with Crippen LogP contribution in [0.15, 0.2) is 60.0 Å². The summed E-state index contributed by atoms with van der Waals surface area (Å²) in [4.78, 5) is 17.3. The van der Waals surface area contributed by atoms with Crippen LogP contribution < -0.4 is 10.2 Å². The van der Waals surface area contributed by atoms with Crippen LogP contribution in [0.1, 0.15) is 15.2 Å². The minimum atomic E-state index is 0.121. The average molecular weight is 379 g/mol. The van der Waals surface area contributed by atoms with E-state index < -0.39 is 0 Å². The SMILES string of the molecule is O=C(c1cccs1)N1CCN(c2ccc(NCc3ccccc3)nn2)CC1. The Balaban J connectivity index is 1.30. The maximum atomic E-state index is 12.4. The van der Waals surface area contributed by atoms with Crippen molar-refractivity contribution in [3.8, 4) is 0 Å². The number of nitrogens with zero attached hydrogens (tertiary/aromatic N) is 4. The second kappa shape index (κ2) is 8.18. The minimum Gasteiger partial charge on any atom is -0.365 e. The molecule has 6 nitrogen and oxygen atoms in total. The molecule has 0 bridgehead atoms. The Labute approximate surface area is 162 Å². The van der Waals surface area contributed by atoms with Crippen LogP contribution in [0, 0.1) is 0 Å². The zero-order valence-electron chi connectivity index (χ0n) is 14.9. The van der Waals surface area contributed by atoms with Gasteiger partial charge in [-0.25, -0.2) is 0 Å². The molecule has 27 heavy (non-hydrogen) atoms. The molecule has 1 aliphatic rings. The number of carbonyl (C=O) groups is 1. The zero-order chi connectivity index (χ0) is 18.5. The predicted octanol–water partition coefficient (Wildman–Crippen LogP) is 3.11. The molecule has 1 amide bonds. The van der Waals surface area contributed by atoms with Crippen LogP contribution in [0.3, 0.4) is 0 Å². The first-order valence-corrected chi connectivity index (χ1v) is 9.87. The third-order valence-corrected chi connectivity index (χ3v) is 5.45. The summed E-state index contributed by atoms with van der Waals surface area (Å²) in [7, 11) is 0. The third kappa shape index (κ3) is 4.25. The number of hydrogen-bond acceptors (Lipinski definition) is 6. The molecular weight excluding hydrogens is 358 g/mol. The van der Waals surface area contributed by atoms with Crippen LogP contribution in [0.2, 0.25) is 0 Å². The molecule has 3 heterocycles. The molecule has 2 aromatic heterocycles. The van der Waals surface area contributed by atoms with Crippen LogP contribution >= 0.6 is 11.3 Å². The molecule has 0 aliphatic carbocycles.